The Morgan fingerprint density at radius 1 is 1.22 bits per heavy atom. The summed E-state index contributed by atoms with van der Waals surface area (Å²) in [5, 5.41) is 1.72. The number of ether oxygens (including phenoxy) is 2. The van der Waals surface area contributed by atoms with E-state index in [1.165, 1.54) is 21.0 Å². The number of piperidine rings is 2. The van der Waals surface area contributed by atoms with E-state index in [9.17, 15) is 14.4 Å². The Bertz CT molecular complexity index is 1080. The normalized spacial score (nSPS) is 35.2. The molecular weight excluding hydrogens is 412 g/mol. The molecule has 168 valence electrons. The second kappa shape index (κ2) is 7.27. The van der Waals surface area contributed by atoms with Gasteiger partial charge in [0.05, 0.1) is 48.5 Å². The van der Waals surface area contributed by atoms with Crippen molar-refractivity contribution in [3.8, 4) is 0 Å². The van der Waals surface area contributed by atoms with E-state index in [0.29, 0.717) is 6.42 Å². The number of aliphatic imine (C=N–C) groups is 1. The molecule has 1 aromatic rings. The molecule has 4 fully saturated rings. The molecule has 1 aromatic carbocycles. The average molecular weight is 438 g/mol. The molecular formula is C24H26N2O6. The zero-order valence-corrected chi connectivity index (χ0v) is 18.5. The Kier molecular flexibility index (Phi) is 4.74. The van der Waals surface area contributed by atoms with E-state index in [-0.39, 0.29) is 36.5 Å². The molecule has 0 radical (unpaired) electrons. The van der Waals surface area contributed by atoms with Crippen molar-refractivity contribution in [2.45, 2.75) is 44.7 Å². The number of hydroxylamine groups is 2. The maximum atomic E-state index is 13.3. The van der Waals surface area contributed by atoms with Crippen molar-refractivity contribution in [2.75, 3.05) is 13.7 Å². The Labute approximate surface area is 186 Å². The number of esters is 2. The number of benzene rings is 1. The zero-order valence-electron chi connectivity index (χ0n) is 18.5. The third-order valence-corrected chi connectivity index (χ3v) is 7.51. The van der Waals surface area contributed by atoms with E-state index < -0.39 is 23.3 Å². The molecule has 3 aliphatic heterocycles. The summed E-state index contributed by atoms with van der Waals surface area (Å²) < 4.78 is 10.9. The van der Waals surface area contributed by atoms with Crippen molar-refractivity contribution in [1.82, 2.24) is 5.06 Å². The largest absolute Gasteiger partial charge is 0.469 e. The van der Waals surface area contributed by atoms with Gasteiger partial charge < -0.3 is 14.3 Å². The van der Waals surface area contributed by atoms with Gasteiger partial charge in [0.25, 0.3) is 0 Å². The number of carbonyl (C=O) groups is 3. The Balaban J connectivity index is 1.79. The van der Waals surface area contributed by atoms with Crippen molar-refractivity contribution in [2.24, 2.45) is 22.7 Å². The number of fused-ring (bicyclic) bond motifs is 1. The van der Waals surface area contributed by atoms with Crippen molar-refractivity contribution in [1.29, 1.82) is 0 Å². The molecule has 0 amide bonds. The summed E-state index contributed by atoms with van der Waals surface area (Å²) in [6, 6.07) is 7.18. The summed E-state index contributed by atoms with van der Waals surface area (Å²) in [7, 11) is 1.41. The highest BCUT2D eigenvalue weighted by Crippen LogP contribution is 2.66. The molecule has 1 spiro atoms. The lowest BCUT2D eigenvalue weighted by molar-refractivity contribution is -0.240. The number of hydrogen-bond donors (Lipinski definition) is 0. The van der Waals surface area contributed by atoms with Crippen molar-refractivity contribution in [3.63, 3.8) is 0 Å². The maximum absolute atomic E-state index is 13.3. The average Bonchev–Trinajstić information content (AvgIpc) is 3.10. The summed E-state index contributed by atoms with van der Waals surface area (Å²) in [6.07, 6.45) is 2.59. The van der Waals surface area contributed by atoms with Crippen molar-refractivity contribution < 1.29 is 28.7 Å². The van der Waals surface area contributed by atoms with Crippen LogP contribution in [0.3, 0.4) is 0 Å². The number of methoxy groups -OCH3 is 1. The predicted octanol–water partition coefficient (Wildman–Crippen LogP) is 2.49. The molecule has 6 rings (SSSR count). The SMILES string of the molecule is C/C=C1/C2CC3C4=Nc5ccccc5C4(C(COC(C)=O)C1N3OC(C)=O)C2C(=O)OC. The minimum Gasteiger partial charge on any atom is -0.469 e. The van der Waals surface area contributed by atoms with Crippen LogP contribution in [0.1, 0.15) is 32.8 Å². The molecule has 2 aliphatic carbocycles. The first kappa shape index (κ1) is 20.9. The molecule has 0 aromatic heterocycles. The van der Waals surface area contributed by atoms with E-state index in [2.05, 4.69) is 0 Å². The monoisotopic (exact) mass is 438 g/mol. The van der Waals surface area contributed by atoms with Crippen LogP contribution in [0.5, 0.6) is 0 Å². The molecule has 6 unspecified atom stereocenters. The van der Waals surface area contributed by atoms with Crippen LogP contribution in [-0.2, 0) is 34.1 Å². The van der Waals surface area contributed by atoms with Crippen LogP contribution < -0.4 is 0 Å². The minimum atomic E-state index is -0.791. The van der Waals surface area contributed by atoms with Gasteiger partial charge in [0, 0.05) is 19.8 Å². The molecule has 2 saturated carbocycles. The van der Waals surface area contributed by atoms with Crippen LogP contribution >= 0.6 is 0 Å². The summed E-state index contributed by atoms with van der Waals surface area (Å²) >= 11 is 0. The van der Waals surface area contributed by atoms with Crippen molar-refractivity contribution in [3.05, 3.63) is 41.5 Å². The van der Waals surface area contributed by atoms with Gasteiger partial charge >= 0.3 is 17.9 Å². The van der Waals surface area contributed by atoms with Crippen molar-refractivity contribution >= 4 is 29.3 Å². The fourth-order valence-corrected chi connectivity index (χ4v) is 6.72. The lowest BCUT2D eigenvalue weighted by atomic mass is 9.42. The first-order chi connectivity index (χ1) is 15.4. The third kappa shape index (κ3) is 2.53. The highest BCUT2D eigenvalue weighted by molar-refractivity contribution is 6.10. The van der Waals surface area contributed by atoms with Gasteiger partial charge in [0.2, 0.25) is 0 Å². The summed E-state index contributed by atoms with van der Waals surface area (Å²) in [5.41, 5.74) is 2.74. The fraction of sp³-hybridized carbons (Fsp3) is 0.500. The Morgan fingerprint density at radius 3 is 2.62 bits per heavy atom. The van der Waals surface area contributed by atoms with Crippen LogP contribution in [0.4, 0.5) is 5.69 Å². The number of rotatable bonds is 4. The van der Waals surface area contributed by atoms with E-state index in [0.717, 1.165) is 22.5 Å². The first-order valence-electron chi connectivity index (χ1n) is 10.9. The fourth-order valence-electron chi connectivity index (χ4n) is 6.72. The smallest absolute Gasteiger partial charge is 0.322 e. The molecule has 0 N–H and O–H groups in total. The minimum absolute atomic E-state index is 0.0649. The third-order valence-electron chi connectivity index (χ3n) is 7.51. The highest BCUT2D eigenvalue weighted by atomic mass is 16.7. The second-order valence-corrected chi connectivity index (χ2v) is 8.83. The van der Waals surface area contributed by atoms with Crippen LogP contribution in [0.15, 0.2) is 40.9 Å². The van der Waals surface area contributed by atoms with E-state index >= 15 is 0 Å². The highest BCUT2D eigenvalue weighted by Gasteiger charge is 2.75. The molecule has 2 saturated heterocycles. The number of allylic oxidation sites excluding steroid dienone is 1. The molecule has 4 bridgehead atoms. The summed E-state index contributed by atoms with van der Waals surface area (Å²) in [5.74, 6) is -2.10. The topological polar surface area (TPSA) is 94.5 Å². The molecule has 3 heterocycles. The maximum Gasteiger partial charge on any atom is 0.322 e. The zero-order chi connectivity index (χ0) is 22.8. The van der Waals surface area contributed by atoms with Gasteiger partial charge in [-0.25, -0.2) is 0 Å². The standard InChI is InChI=1S/C24H26N2O6/c1-5-14-15-10-19-22-24(20(15)23(29)30-4,16-8-6-7-9-18(16)25-22)17(11-31-12(2)27)21(14)26(19)32-13(3)28/h5-9,15,17,19-21H,10-11H2,1-4H3/b14-5-. The van der Waals surface area contributed by atoms with Crippen LogP contribution in [-0.4, -0.2) is 54.5 Å². The van der Waals surface area contributed by atoms with Crippen LogP contribution in [0.25, 0.3) is 0 Å². The molecule has 6 atom stereocenters. The molecule has 8 nitrogen and oxygen atoms in total. The molecule has 32 heavy (non-hydrogen) atoms. The summed E-state index contributed by atoms with van der Waals surface area (Å²) in [6.45, 7) is 4.73. The van der Waals surface area contributed by atoms with Gasteiger partial charge in [-0.2, -0.15) is 0 Å². The Morgan fingerprint density at radius 2 is 1.97 bits per heavy atom. The number of hydrogen-bond acceptors (Lipinski definition) is 8. The van der Waals surface area contributed by atoms with Gasteiger partial charge in [0.1, 0.15) is 0 Å². The molecule has 5 aliphatic rings. The lowest BCUT2D eigenvalue weighted by Crippen LogP contribution is -2.78. The number of carbonyl (C=O) groups excluding carboxylic acids is 3. The van der Waals surface area contributed by atoms with E-state index in [1.54, 1.807) is 5.06 Å². The second-order valence-electron chi connectivity index (χ2n) is 8.83. The van der Waals surface area contributed by atoms with Gasteiger partial charge in [-0.3, -0.25) is 19.4 Å². The number of para-hydroxylation sites is 1. The van der Waals surface area contributed by atoms with Gasteiger partial charge in [-0.1, -0.05) is 24.3 Å². The summed E-state index contributed by atoms with van der Waals surface area (Å²) in [4.78, 5) is 47.9. The van der Waals surface area contributed by atoms with Crippen LogP contribution in [0.2, 0.25) is 0 Å². The van der Waals surface area contributed by atoms with E-state index in [4.69, 9.17) is 19.3 Å². The Hall–Kier alpha value is -3.00. The van der Waals surface area contributed by atoms with Crippen LogP contribution in [0, 0.1) is 17.8 Å². The van der Waals surface area contributed by atoms with Gasteiger partial charge in [-0.05, 0) is 36.5 Å². The number of nitrogens with zero attached hydrogens (tertiary/aromatic N) is 2. The predicted molar refractivity (Wildman–Crippen MR) is 114 cm³/mol. The first-order valence-corrected chi connectivity index (χ1v) is 10.9. The van der Waals surface area contributed by atoms with E-state index in [1.807, 2.05) is 37.3 Å². The lowest BCUT2D eigenvalue weighted by Gasteiger charge is -2.66. The van der Waals surface area contributed by atoms with Gasteiger partial charge in [-0.15, -0.1) is 5.06 Å². The molecule has 8 heteroatoms. The van der Waals surface area contributed by atoms with Gasteiger partial charge in [0.15, 0.2) is 0 Å². The quantitative estimate of drug-likeness (QED) is 0.527.